The molecule has 0 radical (unpaired) electrons. The van der Waals surface area contributed by atoms with Gasteiger partial charge < -0.3 is 19.5 Å². The fourth-order valence-electron chi connectivity index (χ4n) is 3.02. The van der Waals surface area contributed by atoms with Crippen molar-refractivity contribution in [1.82, 2.24) is 5.32 Å². The first-order valence-electron chi connectivity index (χ1n) is 10.4. The van der Waals surface area contributed by atoms with Crippen LogP contribution in [0.15, 0.2) is 46.9 Å². The number of amides is 1. The molecule has 1 fully saturated rings. The number of benzene rings is 2. The Morgan fingerprint density at radius 2 is 2.03 bits per heavy atom. The third-order valence-corrected chi connectivity index (χ3v) is 5.57. The molecule has 1 saturated heterocycles. The molecule has 0 spiro atoms. The molecule has 1 heterocycles. The van der Waals surface area contributed by atoms with Gasteiger partial charge >= 0.3 is 0 Å². The number of unbranched alkanes of at least 4 members (excludes halogenated alkanes) is 1. The second-order valence-electron chi connectivity index (χ2n) is 7.23. The summed E-state index contributed by atoms with van der Waals surface area (Å²) >= 11 is 8.73. The zero-order valence-corrected chi connectivity index (χ0v) is 19.9. The average molecular weight is 507 g/mol. The van der Waals surface area contributed by atoms with Crippen molar-refractivity contribution in [3.05, 3.63) is 52.5 Å². The summed E-state index contributed by atoms with van der Waals surface area (Å²) in [6, 6.07) is 12.6. The second-order valence-corrected chi connectivity index (χ2v) is 8.49. The van der Waals surface area contributed by atoms with Crippen LogP contribution >= 0.6 is 28.1 Å². The highest BCUT2D eigenvalue weighted by atomic mass is 79.9. The van der Waals surface area contributed by atoms with Gasteiger partial charge in [-0.2, -0.15) is 0 Å². The lowest BCUT2D eigenvalue weighted by atomic mass is 10.2. The molecule has 31 heavy (non-hydrogen) atoms. The van der Waals surface area contributed by atoms with Crippen molar-refractivity contribution in [2.45, 2.75) is 38.7 Å². The van der Waals surface area contributed by atoms with Gasteiger partial charge in [-0.3, -0.25) is 10.1 Å². The largest absolute Gasteiger partial charge is 0.492 e. The van der Waals surface area contributed by atoms with Crippen molar-refractivity contribution in [3.63, 3.8) is 0 Å². The van der Waals surface area contributed by atoms with Crippen molar-refractivity contribution < 1.29 is 19.0 Å². The summed E-state index contributed by atoms with van der Waals surface area (Å²) in [6.45, 7) is 4.12. The summed E-state index contributed by atoms with van der Waals surface area (Å²) < 4.78 is 17.7. The molecular weight excluding hydrogens is 480 g/mol. The van der Waals surface area contributed by atoms with Crippen LogP contribution in [0.4, 0.5) is 5.69 Å². The Morgan fingerprint density at radius 3 is 2.71 bits per heavy atom. The van der Waals surface area contributed by atoms with E-state index in [4.69, 9.17) is 26.4 Å². The third-order valence-electron chi connectivity index (χ3n) is 4.75. The number of rotatable bonds is 9. The van der Waals surface area contributed by atoms with Crippen molar-refractivity contribution in [1.29, 1.82) is 0 Å². The molecule has 0 saturated carbocycles. The monoisotopic (exact) mass is 506 g/mol. The van der Waals surface area contributed by atoms with Crippen molar-refractivity contribution in [2.75, 3.05) is 25.1 Å². The molecule has 6 nitrogen and oxygen atoms in total. The zero-order valence-electron chi connectivity index (χ0n) is 17.5. The molecule has 2 N–H and O–H groups in total. The fourth-order valence-corrected chi connectivity index (χ4v) is 3.73. The van der Waals surface area contributed by atoms with Crippen LogP contribution in [-0.4, -0.2) is 36.9 Å². The van der Waals surface area contributed by atoms with Gasteiger partial charge in [0.2, 0.25) is 0 Å². The summed E-state index contributed by atoms with van der Waals surface area (Å²) in [5.41, 5.74) is 1.24. The van der Waals surface area contributed by atoms with Crippen LogP contribution < -0.4 is 20.1 Å². The second kappa shape index (κ2) is 12.0. The number of carbonyl (C=O) groups is 1. The molecule has 2 aromatic carbocycles. The van der Waals surface area contributed by atoms with Crippen molar-refractivity contribution >= 4 is 44.9 Å². The molecule has 1 aliphatic rings. The summed E-state index contributed by atoms with van der Waals surface area (Å²) in [5, 5.41) is 5.92. The minimum absolute atomic E-state index is 0.178. The van der Waals surface area contributed by atoms with E-state index in [1.807, 2.05) is 24.3 Å². The minimum Gasteiger partial charge on any atom is -0.492 e. The molecule has 1 unspecified atom stereocenters. The molecule has 0 aromatic heterocycles. The standard InChI is InChI=1S/C23H27BrN2O4S/c1-2-3-12-29-21-11-6-16(14-20(21)24)22(27)26-23(31)25-17-7-9-18(10-8-17)30-15-19-5-4-13-28-19/h6-11,14,19H,2-5,12-13,15H2,1H3,(H2,25,26,27,31). The van der Waals surface area contributed by atoms with E-state index in [1.165, 1.54) is 0 Å². The van der Waals surface area contributed by atoms with E-state index < -0.39 is 0 Å². The number of hydrogen-bond donors (Lipinski definition) is 2. The van der Waals surface area contributed by atoms with E-state index in [2.05, 4.69) is 33.5 Å². The first-order valence-corrected chi connectivity index (χ1v) is 11.6. The predicted octanol–water partition coefficient (Wildman–Crippen LogP) is 5.31. The van der Waals surface area contributed by atoms with Gasteiger partial charge in [0.15, 0.2) is 5.11 Å². The lowest BCUT2D eigenvalue weighted by Gasteiger charge is -2.13. The summed E-state index contributed by atoms with van der Waals surface area (Å²) in [4.78, 5) is 12.5. The normalized spacial score (nSPS) is 15.4. The molecule has 0 aliphatic carbocycles. The SMILES string of the molecule is CCCCOc1ccc(C(=O)NC(=S)Nc2ccc(OCC3CCCO3)cc2)cc1Br. The van der Waals surface area contributed by atoms with E-state index >= 15 is 0 Å². The summed E-state index contributed by atoms with van der Waals surface area (Å²) in [6.07, 6.45) is 4.36. The highest BCUT2D eigenvalue weighted by Gasteiger charge is 2.16. The smallest absolute Gasteiger partial charge is 0.257 e. The van der Waals surface area contributed by atoms with E-state index in [1.54, 1.807) is 18.2 Å². The van der Waals surface area contributed by atoms with Crippen molar-refractivity contribution in [3.8, 4) is 11.5 Å². The van der Waals surface area contributed by atoms with E-state index in [9.17, 15) is 4.79 Å². The van der Waals surface area contributed by atoms with Crippen LogP contribution in [-0.2, 0) is 4.74 Å². The summed E-state index contributed by atoms with van der Waals surface area (Å²) in [5.74, 6) is 1.18. The lowest BCUT2D eigenvalue weighted by Crippen LogP contribution is -2.34. The molecular formula is C23H27BrN2O4S. The van der Waals surface area contributed by atoms with Crippen LogP contribution in [0.2, 0.25) is 0 Å². The van der Waals surface area contributed by atoms with Crippen LogP contribution in [0.5, 0.6) is 11.5 Å². The third kappa shape index (κ3) is 7.48. The van der Waals surface area contributed by atoms with Crippen LogP contribution in [0.25, 0.3) is 0 Å². The molecule has 1 atom stereocenters. The Balaban J connectivity index is 1.47. The average Bonchev–Trinajstić information content (AvgIpc) is 3.28. The lowest BCUT2D eigenvalue weighted by molar-refractivity contribution is 0.0679. The number of hydrogen-bond acceptors (Lipinski definition) is 5. The van der Waals surface area contributed by atoms with Gasteiger partial charge in [0.1, 0.15) is 18.1 Å². The minimum atomic E-state index is -0.296. The van der Waals surface area contributed by atoms with Gasteiger partial charge in [0, 0.05) is 17.9 Å². The summed E-state index contributed by atoms with van der Waals surface area (Å²) in [7, 11) is 0. The Bertz CT molecular complexity index is 886. The molecule has 1 aliphatic heterocycles. The number of nitrogens with one attached hydrogen (secondary N) is 2. The van der Waals surface area contributed by atoms with E-state index in [0.29, 0.717) is 24.5 Å². The molecule has 166 valence electrons. The van der Waals surface area contributed by atoms with Crippen molar-refractivity contribution in [2.24, 2.45) is 0 Å². The van der Waals surface area contributed by atoms with Gasteiger partial charge in [0.25, 0.3) is 5.91 Å². The molecule has 1 amide bonds. The molecule has 3 rings (SSSR count). The van der Waals surface area contributed by atoms with Crippen LogP contribution in [0, 0.1) is 0 Å². The van der Waals surface area contributed by atoms with E-state index in [-0.39, 0.29) is 17.1 Å². The number of anilines is 1. The topological polar surface area (TPSA) is 68.8 Å². The number of ether oxygens (including phenoxy) is 3. The maximum absolute atomic E-state index is 12.5. The number of carbonyl (C=O) groups excluding carboxylic acids is 1. The number of halogens is 1. The van der Waals surface area contributed by atoms with E-state index in [0.717, 1.165) is 48.2 Å². The predicted molar refractivity (Wildman–Crippen MR) is 129 cm³/mol. The Kier molecular flexibility index (Phi) is 9.12. The van der Waals surface area contributed by atoms with Gasteiger partial charge in [-0.15, -0.1) is 0 Å². The maximum Gasteiger partial charge on any atom is 0.257 e. The Morgan fingerprint density at radius 1 is 1.23 bits per heavy atom. The van der Waals surface area contributed by atoms with Gasteiger partial charge in [-0.25, -0.2) is 0 Å². The molecule has 2 aromatic rings. The quantitative estimate of drug-likeness (QED) is 0.354. The molecule has 0 bridgehead atoms. The van der Waals surface area contributed by atoms with Crippen LogP contribution in [0.1, 0.15) is 43.0 Å². The Labute approximate surface area is 196 Å². The zero-order chi connectivity index (χ0) is 22.1. The highest BCUT2D eigenvalue weighted by Crippen LogP contribution is 2.26. The van der Waals surface area contributed by atoms with Gasteiger partial charge in [-0.1, -0.05) is 13.3 Å². The fraction of sp³-hybridized carbons (Fsp3) is 0.391. The number of thiocarbonyl (C=S) groups is 1. The van der Waals surface area contributed by atoms with Gasteiger partial charge in [0.05, 0.1) is 17.2 Å². The first kappa shape index (κ1) is 23.5. The van der Waals surface area contributed by atoms with Crippen LogP contribution in [0.3, 0.4) is 0 Å². The molecule has 8 heteroatoms. The highest BCUT2D eigenvalue weighted by molar-refractivity contribution is 9.10. The Hall–Kier alpha value is -2.16. The van der Waals surface area contributed by atoms with Gasteiger partial charge in [-0.05, 0) is 89.9 Å². The maximum atomic E-state index is 12.5. The first-order chi connectivity index (χ1) is 15.0.